The van der Waals surface area contributed by atoms with Crippen LogP contribution in [-0.2, 0) is 0 Å². The zero-order valence-electron chi connectivity index (χ0n) is 9.82. The number of hydrogen-bond acceptors (Lipinski definition) is 2. The van der Waals surface area contributed by atoms with Crippen molar-refractivity contribution in [2.75, 3.05) is 19.6 Å². The molecule has 17 heavy (non-hydrogen) atoms. The Hall–Kier alpha value is -1.06. The molecule has 0 aliphatic carbocycles. The highest BCUT2D eigenvalue weighted by atomic mass is 35.5. The smallest absolute Gasteiger partial charge is 0.251 e. The Morgan fingerprint density at radius 2 is 2.12 bits per heavy atom. The molecule has 94 valence electrons. The molecule has 1 amide bonds. The number of hydrogen-bond donors (Lipinski definition) is 2. The predicted molar refractivity (Wildman–Crippen MR) is 71.6 cm³/mol. The maximum atomic E-state index is 11.8. The van der Waals surface area contributed by atoms with Gasteiger partial charge in [0.1, 0.15) is 0 Å². The van der Waals surface area contributed by atoms with Crippen LogP contribution in [0.4, 0.5) is 0 Å². The Morgan fingerprint density at radius 3 is 2.76 bits per heavy atom. The van der Waals surface area contributed by atoms with E-state index in [0.717, 1.165) is 25.2 Å². The summed E-state index contributed by atoms with van der Waals surface area (Å²) in [7, 11) is 0. The van der Waals surface area contributed by atoms with E-state index in [4.69, 9.17) is 0 Å². The Bertz CT molecular complexity index is 337. The van der Waals surface area contributed by atoms with Crippen LogP contribution in [0.1, 0.15) is 23.2 Å². The Labute approximate surface area is 108 Å². The zero-order chi connectivity index (χ0) is 11.2. The molecule has 0 unspecified atom stereocenters. The second kappa shape index (κ2) is 7.30. The highest BCUT2D eigenvalue weighted by Gasteiger charge is 2.14. The summed E-state index contributed by atoms with van der Waals surface area (Å²) in [5.41, 5.74) is 0.742. The third kappa shape index (κ3) is 4.36. The lowest BCUT2D eigenvalue weighted by Crippen LogP contribution is -2.38. The van der Waals surface area contributed by atoms with E-state index in [0.29, 0.717) is 5.92 Å². The summed E-state index contributed by atoms with van der Waals surface area (Å²) in [6.07, 6.45) is 2.42. The fourth-order valence-electron chi connectivity index (χ4n) is 2.03. The molecule has 2 rings (SSSR count). The predicted octanol–water partition coefficient (Wildman–Crippen LogP) is 1.84. The average Bonchev–Trinajstić information content (AvgIpc) is 2.38. The van der Waals surface area contributed by atoms with Gasteiger partial charge in [-0.3, -0.25) is 4.79 Å². The molecular weight excluding hydrogens is 236 g/mol. The molecule has 1 atom stereocenters. The first-order chi connectivity index (χ1) is 7.86. The number of piperidine rings is 1. The molecule has 3 nitrogen and oxygen atoms in total. The molecule has 4 heteroatoms. The van der Waals surface area contributed by atoms with Crippen molar-refractivity contribution < 1.29 is 4.79 Å². The lowest BCUT2D eigenvalue weighted by atomic mass is 10.00. The van der Waals surface area contributed by atoms with Crippen LogP contribution in [0.2, 0.25) is 0 Å². The second-order valence-electron chi connectivity index (χ2n) is 4.29. The second-order valence-corrected chi connectivity index (χ2v) is 4.29. The number of amides is 1. The van der Waals surface area contributed by atoms with Crippen LogP contribution in [0.5, 0.6) is 0 Å². The quantitative estimate of drug-likeness (QED) is 0.864. The average molecular weight is 255 g/mol. The van der Waals surface area contributed by atoms with E-state index in [1.165, 1.54) is 12.8 Å². The molecule has 1 fully saturated rings. The number of rotatable bonds is 3. The monoisotopic (exact) mass is 254 g/mol. The van der Waals surface area contributed by atoms with Gasteiger partial charge in [0.25, 0.3) is 5.91 Å². The number of nitrogens with one attached hydrogen (secondary N) is 2. The topological polar surface area (TPSA) is 41.1 Å². The summed E-state index contributed by atoms with van der Waals surface area (Å²) in [5.74, 6) is 0.618. The SMILES string of the molecule is Cl.O=C(NC[C@H]1CCCNC1)c1ccccc1. The third-order valence-electron chi connectivity index (χ3n) is 2.99. The Kier molecular flexibility index (Phi) is 6.01. The molecule has 0 spiro atoms. The van der Waals surface area contributed by atoms with Crippen LogP contribution in [0.15, 0.2) is 30.3 Å². The van der Waals surface area contributed by atoms with Gasteiger partial charge in [-0.25, -0.2) is 0 Å². The first-order valence-corrected chi connectivity index (χ1v) is 5.90. The van der Waals surface area contributed by atoms with Gasteiger partial charge in [0, 0.05) is 12.1 Å². The van der Waals surface area contributed by atoms with Crippen molar-refractivity contribution in [2.24, 2.45) is 5.92 Å². The summed E-state index contributed by atoms with van der Waals surface area (Å²) in [6, 6.07) is 9.37. The van der Waals surface area contributed by atoms with E-state index in [1.54, 1.807) is 0 Å². The van der Waals surface area contributed by atoms with Crippen LogP contribution in [-0.4, -0.2) is 25.5 Å². The van der Waals surface area contributed by atoms with Gasteiger partial charge in [-0.1, -0.05) is 18.2 Å². The van der Waals surface area contributed by atoms with Crippen LogP contribution >= 0.6 is 12.4 Å². The zero-order valence-corrected chi connectivity index (χ0v) is 10.6. The fourth-order valence-corrected chi connectivity index (χ4v) is 2.03. The van der Waals surface area contributed by atoms with Crippen molar-refractivity contribution in [3.63, 3.8) is 0 Å². The van der Waals surface area contributed by atoms with Gasteiger partial charge < -0.3 is 10.6 Å². The van der Waals surface area contributed by atoms with Crippen molar-refractivity contribution in [3.05, 3.63) is 35.9 Å². The van der Waals surface area contributed by atoms with E-state index >= 15 is 0 Å². The number of benzene rings is 1. The molecule has 0 aromatic heterocycles. The first-order valence-electron chi connectivity index (χ1n) is 5.90. The Morgan fingerprint density at radius 1 is 1.35 bits per heavy atom. The van der Waals surface area contributed by atoms with Crippen molar-refractivity contribution >= 4 is 18.3 Å². The van der Waals surface area contributed by atoms with Gasteiger partial charge in [0.05, 0.1) is 0 Å². The van der Waals surface area contributed by atoms with Crippen molar-refractivity contribution in [3.8, 4) is 0 Å². The molecule has 0 radical (unpaired) electrons. The molecule has 1 aromatic carbocycles. The molecule has 0 bridgehead atoms. The van der Waals surface area contributed by atoms with E-state index in [2.05, 4.69) is 10.6 Å². The molecule has 1 aliphatic heterocycles. The highest BCUT2D eigenvalue weighted by molar-refractivity contribution is 5.94. The lowest BCUT2D eigenvalue weighted by molar-refractivity contribution is 0.0945. The standard InChI is InChI=1S/C13H18N2O.ClH/c16-13(12-6-2-1-3-7-12)15-10-11-5-4-8-14-9-11;/h1-3,6-7,11,14H,4-5,8-10H2,(H,15,16);1H/t11-;/m0./s1. The Balaban J connectivity index is 0.00000144. The number of halogens is 1. The maximum absolute atomic E-state index is 11.8. The first kappa shape index (κ1) is 14.0. The summed E-state index contributed by atoms with van der Waals surface area (Å²) < 4.78 is 0. The summed E-state index contributed by atoms with van der Waals surface area (Å²) >= 11 is 0. The van der Waals surface area contributed by atoms with Crippen LogP contribution in [0.3, 0.4) is 0 Å². The van der Waals surface area contributed by atoms with Gasteiger partial charge >= 0.3 is 0 Å². The van der Waals surface area contributed by atoms with E-state index < -0.39 is 0 Å². The van der Waals surface area contributed by atoms with Crippen LogP contribution < -0.4 is 10.6 Å². The molecular formula is C13H19ClN2O. The molecule has 1 heterocycles. The molecule has 2 N–H and O–H groups in total. The minimum Gasteiger partial charge on any atom is -0.352 e. The highest BCUT2D eigenvalue weighted by Crippen LogP contribution is 2.08. The van der Waals surface area contributed by atoms with E-state index in [9.17, 15) is 4.79 Å². The van der Waals surface area contributed by atoms with Crippen molar-refractivity contribution in [1.29, 1.82) is 0 Å². The minimum atomic E-state index is 0. The van der Waals surface area contributed by atoms with Gasteiger partial charge in [-0.15, -0.1) is 12.4 Å². The molecule has 1 aliphatic rings. The molecule has 0 saturated carbocycles. The lowest BCUT2D eigenvalue weighted by Gasteiger charge is -2.22. The largest absolute Gasteiger partial charge is 0.352 e. The summed E-state index contributed by atoms with van der Waals surface area (Å²) in [4.78, 5) is 11.8. The van der Waals surface area contributed by atoms with Gasteiger partial charge in [0.15, 0.2) is 0 Å². The van der Waals surface area contributed by atoms with Gasteiger partial charge in [-0.2, -0.15) is 0 Å². The van der Waals surface area contributed by atoms with E-state index in [-0.39, 0.29) is 18.3 Å². The van der Waals surface area contributed by atoms with Crippen LogP contribution in [0.25, 0.3) is 0 Å². The van der Waals surface area contributed by atoms with Crippen molar-refractivity contribution in [1.82, 2.24) is 10.6 Å². The summed E-state index contributed by atoms with van der Waals surface area (Å²) in [6.45, 7) is 2.92. The summed E-state index contributed by atoms with van der Waals surface area (Å²) in [5, 5.41) is 6.34. The van der Waals surface area contributed by atoms with Gasteiger partial charge in [0.2, 0.25) is 0 Å². The minimum absolute atomic E-state index is 0. The normalized spacial score (nSPS) is 19.2. The molecule has 1 saturated heterocycles. The van der Waals surface area contributed by atoms with Crippen molar-refractivity contribution in [2.45, 2.75) is 12.8 Å². The maximum Gasteiger partial charge on any atom is 0.251 e. The molecule has 1 aromatic rings. The van der Waals surface area contributed by atoms with Gasteiger partial charge in [-0.05, 0) is 44.0 Å². The third-order valence-corrected chi connectivity index (χ3v) is 2.99. The fraction of sp³-hybridized carbons (Fsp3) is 0.462. The number of carbonyl (C=O) groups excluding carboxylic acids is 1. The number of carbonyl (C=O) groups is 1. The van der Waals surface area contributed by atoms with E-state index in [1.807, 2.05) is 30.3 Å². The van der Waals surface area contributed by atoms with Crippen LogP contribution in [0, 0.1) is 5.92 Å².